The van der Waals surface area contributed by atoms with Gasteiger partial charge in [-0.2, -0.15) is 0 Å². The van der Waals surface area contributed by atoms with Crippen LogP contribution in [0.3, 0.4) is 0 Å². The number of anilines is 1. The first-order valence-corrected chi connectivity index (χ1v) is 8.49. The number of rotatable bonds is 10. The number of nitrogens with one attached hydrogen (secondary N) is 2. The first-order chi connectivity index (χ1) is 10.8. The maximum atomic E-state index is 12.2. The van der Waals surface area contributed by atoms with Gasteiger partial charge in [-0.25, -0.2) is 0 Å². The monoisotopic (exact) mass is 304 g/mol. The topological polar surface area (TPSA) is 50.4 Å². The Labute approximate surface area is 133 Å². The summed E-state index contributed by atoms with van der Waals surface area (Å²) in [6, 6.07) is 6.00. The van der Waals surface area contributed by atoms with E-state index in [2.05, 4.69) is 17.6 Å². The maximum Gasteiger partial charge on any atom is 0.176 e. The molecule has 1 aromatic rings. The Kier molecular flexibility index (Phi) is 7.40. The molecule has 0 bridgehead atoms. The quantitative estimate of drug-likeness (QED) is 0.515. The van der Waals surface area contributed by atoms with Crippen molar-refractivity contribution in [2.75, 3.05) is 38.2 Å². The summed E-state index contributed by atoms with van der Waals surface area (Å²) in [5.74, 6) is 0.167. The second-order valence-electron chi connectivity index (χ2n) is 5.82. The van der Waals surface area contributed by atoms with Gasteiger partial charge in [0.25, 0.3) is 0 Å². The summed E-state index contributed by atoms with van der Waals surface area (Å²) in [7, 11) is 0. The van der Waals surface area contributed by atoms with Gasteiger partial charge in [-0.05, 0) is 56.0 Å². The van der Waals surface area contributed by atoms with E-state index in [0.29, 0.717) is 6.54 Å². The van der Waals surface area contributed by atoms with Gasteiger partial charge >= 0.3 is 0 Å². The Morgan fingerprint density at radius 3 is 3.05 bits per heavy atom. The molecule has 1 aliphatic heterocycles. The molecule has 22 heavy (non-hydrogen) atoms. The van der Waals surface area contributed by atoms with Crippen molar-refractivity contribution in [1.82, 2.24) is 5.32 Å². The number of fused-ring (bicyclic) bond motifs is 1. The molecule has 1 aliphatic rings. The zero-order valence-electron chi connectivity index (χ0n) is 13.6. The second-order valence-corrected chi connectivity index (χ2v) is 5.82. The van der Waals surface area contributed by atoms with E-state index in [1.54, 1.807) is 0 Å². The summed E-state index contributed by atoms with van der Waals surface area (Å²) in [5, 5.41) is 6.58. The molecular weight excluding hydrogens is 276 g/mol. The smallest absolute Gasteiger partial charge is 0.176 e. The Morgan fingerprint density at radius 1 is 1.32 bits per heavy atom. The molecule has 0 radical (unpaired) electrons. The van der Waals surface area contributed by atoms with Crippen LogP contribution in [0, 0.1) is 0 Å². The number of Topliss-reactive ketones (excluding diaryl/α,β-unsaturated/α-hetero) is 1. The standard InChI is InChI=1S/C18H28N2O2/c1-2-3-11-22-12-5-9-19-14-18(21)16-7-8-17-15(13-16)6-4-10-20-17/h7-8,13,19-20H,2-6,9-12,14H2,1H3. The molecule has 0 aliphatic carbocycles. The van der Waals surface area contributed by atoms with Crippen LogP contribution in [0.5, 0.6) is 0 Å². The highest BCUT2D eigenvalue weighted by Gasteiger charge is 2.12. The van der Waals surface area contributed by atoms with Crippen LogP contribution in [0.4, 0.5) is 5.69 Å². The lowest BCUT2D eigenvalue weighted by atomic mass is 9.99. The summed E-state index contributed by atoms with van der Waals surface area (Å²) in [6.07, 6.45) is 5.44. The first-order valence-electron chi connectivity index (χ1n) is 8.49. The van der Waals surface area contributed by atoms with Crippen LogP contribution in [0.2, 0.25) is 0 Å². The van der Waals surface area contributed by atoms with Crippen molar-refractivity contribution in [3.63, 3.8) is 0 Å². The van der Waals surface area contributed by atoms with E-state index in [4.69, 9.17) is 4.74 Å². The van der Waals surface area contributed by atoms with Gasteiger partial charge in [0.15, 0.2) is 5.78 Å². The van der Waals surface area contributed by atoms with Crippen LogP contribution in [-0.2, 0) is 11.2 Å². The minimum atomic E-state index is 0.167. The Balaban J connectivity index is 1.65. The molecule has 2 N–H and O–H groups in total. The Morgan fingerprint density at radius 2 is 2.18 bits per heavy atom. The summed E-state index contributed by atoms with van der Waals surface area (Å²) in [6.45, 7) is 6.03. The lowest BCUT2D eigenvalue weighted by Gasteiger charge is -2.18. The Hall–Kier alpha value is -1.39. The van der Waals surface area contributed by atoms with Crippen LogP contribution in [0.1, 0.15) is 48.5 Å². The second kappa shape index (κ2) is 9.59. The third kappa shape index (κ3) is 5.43. The number of hydrogen-bond acceptors (Lipinski definition) is 4. The van der Waals surface area contributed by atoms with Crippen LogP contribution in [-0.4, -0.2) is 38.6 Å². The highest BCUT2D eigenvalue weighted by molar-refractivity contribution is 5.98. The van der Waals surface area contributed by atoms with Gasteiger partial charge in [0.2, 0.25) is 0 Å². The van der Waals surface area contributed by atoms with E-state index >= 15 is 0 Å². The molecule has 0 saturated heterocycles. The van der Waals surface area contributed by atoms with Crippen LogP contribution < -0.4 is 10.6 Å². The molecule has 1 aromatic carbocycles. The van der Waals surface area contributed by atoms with Gasteiger partial charge in [-0.3, -0.25) is 4.79 Å². The molecule has 122 valence electrons. The fourth-order valence-corrected chi connectivity index (χ4v) is 2.60. The zero-order chi connectivity index (χ0) is 15.6. The molecule has 0 atom stereocenters. The van der Waals surface area contributed by atoms with Crippen LogP contribution in [0.15, 0.2) is 18.2 Å². The zero-order valence-corrected chi connectivity index (χ0v) is 13.6. The fourth-order valence-electron chi connectivity index (χ4n) is 2.60. The predicted molar refractivity (Wildman–Crippen MR) is 90.8 cm³/mol. The van der Waals surface area contributed by atoms with E-state index in [0.717, 1.165) is 57.6 Å². The van der Waals surface area contributed by atoms with Crippen LogP contribution >= 0.6 is 0 Å². The molecule has 0 spiro atoms. The predicted octanol–water partition coefficient (Wildman–Crippen LogP) is 3.02. The summed E-state index contributed by atoms with van der Waals surface area (Å²) in [5.41, 5.74) is 3.26. The third-order valence-corrected chi connectivity index (χ3v) is 3.94. The van der Waals surface area contributed by atoms with Crippen molar-refractivity contribution in [2.45, 2.75) is 39.0 Å². The minimum Gasteiger partial charge on any atom is -0.385 e. The fraction of sp³-hybridized carbons (Fsp3) is 0.611. The van der Waals surface area contributed by atoms with E-state index in [1.807, 2.05) is 18.2 Å². The summed E-state index contributed by atoms with van der Waals surface area (Å²) < 4.78 is 5.50. The molecule has 1 heterocycles. The first kappa shape index (κ1) is 17.0. The molecular formula is C18H28N2O2. The van der Waals surface area contributed by atoms with Crippen molar-refractivity contribution in [3.8, 4) is 0 Å². The largest absolute Gasteiger partial charge is 0.385 e. The molecule has 4 nitrogen and oxygen atoms in total. The van der Waals surface area contributed by atoms with Crippen molar-refractivity contribution in [3.05, 3.63) is 29.3 Å². The van der Waals surface area contributed by atoms with Crippen LogP contribution in [0.25, 0.3) is 0 Å². The lowest BCUT2D eigenvalue weighted by Crippen LogP contribution is -2.25. The molecule has 0 amide bonds. The number of unbranched alkanes of at least 4 members (excludes halogenated alkanes) is 1. The van der Waals surface area contributed by atoms with Crippen molar-refractivity contribution >= 4 is 11.5 Å². The van der Waals surface area contributed by atoms with Crippen molar-refractivity contribution < 1.29 is 9.53 Å². The maximum absolute atomic E-state index is 12.2. The van der Waals surface area contributed by atoms with E-state index in [9.17, 15) is 4.79 Å². The molecule has 4 heteroatoms. The number of hydrogen-bond donors (Lipinski definition) is 2. The average Bonchev–Trinajstić information content (AvgIpc) is 2.56. The highest BCUT2D eigenvalue weighted by Crippen LogP contribution is 2.22. The number of ketones is 1. The van der Waals surface area contributed by atoms with E-state index in [-0.39, 0.29) is 5.78 Å². The summed E-state index contributed by atoms with van der Waals surface area (Å²) in [4.78, 5) is 12.2. The van der Waals surface area contributed by atoms with Gasteiger partial charge in [0.05, 0.1) is 6.54 Å². The van der Waals surface area contributed by atoms with Crippen molar-refractivity contribution in [2.24, 2.45) is 0 Å². The molecule has 0 unspecified atom stereocenters. The van der Waals surface area contributed by atoms with E-state index in [1.165, 1.54) is 17.7 Å². The van der Waals surface area contributed by atoms with Gasteiger partial charge in [-0.15, -0.1) is 0 Å². The Bertz CT molecular complexity index is 474. The minimum absolute atomic E-state index is 0.167. The lowest BCUT2D eigenvalue weighted by molar-refractivity contribution is 0.0986. The number of aryl methyl sites for hydroxylation is 1. The number of benzene rings is 1. The third-order valence-electron chi connectivity index (χ3n) is 3.94. The van der Waals surface area contributed by atoms with Crippen molar-refractivity contribution in [1.29, 1.82) is 0 Å². The average molecular weight is 304 g/mol. The molecule has 0 fully saturated rings. The SMILES string of the molecule is CCCCOCCCNCC(=O)c1ccc2c(c1)CCCN2. The van der Waals surface area contributed by atoms with E-state index < -0.39 is 0 Å². The normalized spacial score (nSPS) is 13.5. The van der Waals surface area contributed by atoms with Gasteiger partial charge in [-0.1, -0.05) is 13.3 Å². The highest BCUT2D eigenvalue weighted by atomic mass is 16.5. The van der Waals surface area contributed by atoms with Gasteiger partial charge in [0.1, 0.15) is 0 Å². The molecule has 2 rings (SSSR count). The number of carbonyl (C=O) groups is 1. The van der Waals surface area contributed by atoms with Gasteiger partial charge in [0, 0.05) is 31.0 Å². The number of ether oxygens (including phenoxy) is 1. The van der Waals surface area contributed by atoms with Gasteiger partial charge < -0.3 is 15.4 Å². The molecule has 0 aromatic heterocycles. The molecule has 0 saturated carbocycles. The number of carbonyl (C=O) groups excluding carboxylic acids is 1. The summed E-state index contributed by atoms with van der Waals surface area (Å²) >= 11 is 0.